The predicted octanol–water partition coefficient (Wildman–Crippen LogP) is 5.77. The average Bonchev–Trinajstić information content (AvgIpc) is 2.39. The number of rotatable bonds is 2. The van der Waals surface area contributed by atoms with E-state index in [0.29, 0.717) is 26.7 Å². The van der Waals surface area contributed by atoms with Crippen LogP contribution < -0.4 is 5.32 Å². The summed E-state index contributed by atoms with van der Waals surface area (Å²) in [6, 6.07) is 3.00. The maximum atomic E-state index is 11.9. The Hall–Kier alpha value is -0.640. The molecule has 0 radical (unpaired) electrons. The van der Waals surface area contributed by atoms with Crippen LogP contribution in [0.1, 0.15) is 32.6 Å². The molecule has 1 aliphatic rings. The van der Waals surface area contributed by atoms with Crippen molar-refractivity contribution >= 4 is 46.6 Å². The molecule has 6 heteroatoms. The lowest BCUT2D eigenvalue weighted by Gasteiger charge is -2.28. The third-order valence-corrected chi connectivity index (χ3v) is 4.57. The molecule has 2 rings (SSSR count). The van der Waals surface area contributed by atoms with Crippen molar-refractivity contribution in [1.82, 2.24) is 0 Å². The molecule has 110 valence electrons. The SMILES string of the molecule is CC1CCCCC1OC(=O)Nc1cc(Cl)c(Cl)cc1Cl. The molecule has 0 aromatic heterocycles. The first-order valence-corrected chi connectivity index (χ1v) is 7.73. The third kappa shape index (κ3) is 3.94. The summed E-state index contributed by atoms with van der Waals surface area (Å²) in [6.07, 6.45) is 3.74. The number of benzene rings is 1. The number of halogens is 3. The van der Waals surface area contributed by atoms with Crippen LogP contribution in [0.15, 0.2) is 12.1 Å². The van der Waals surface area contributed by atoms with Gasteiger partial charge in [-0.1, -0.05) is 48.1 Å². The van der Waals surface area contributed by atoms with E-state index in [1.807, 2.05) is 0 Å². The number of hydrogen-bond acceptors (Lipinski definition) is 2. The summed E-state index contributed by atoms with van der Waals surface area (Å²) in [7, 11) is 0. The summed E-state index contributed by atoms with van der Waals surface area (Å²) in [6.45, 7) is 2.10. The largest absolute Gasteiger partial charge is 0.446 e. The fourth-order valence-electron chi connectivity index (χ4n) is 2.35. The molecular weight excluding hydrogens is 321 g/mol. The second-order valence-electron chi connectivity index (χ2n) is 5.08. The Morgan fingerprint density at radius 1 is 1.15 bits per heavy atom. The summed E-state index contributed by atoms with van der Waals surface area (Å²) in [5.41, 5.74) is 0.398. The van der Waals surface area contributed by atoms with Gasteiger partial charge in [0.1, 0.15) is 6.10 Å². The van der Waals surface area contributed by atoms with Crippen molar-refractivity contribution in [2.24, 2.45) is 5.92 Å². The maximum Gasteiger partial charge on any atom is 0.411 e. The van der Waals surface area contributed by atoms with Gasteiger partial charge in [0.2, 0.25) is 0 Å². The quantitative estimate of drug-likeness (QED) is 0.696. The number of amides is 1. The molecule has 0 heterocycles. The molecule has 1 N–H and O–H groups in total. The van der Waals surface area contributed by atoms with E-state index in [0.717, 1.165) is 19.3 Å². The van der Waals surface area contributed by atoms with Gasteiger partial charge in [-0.2, -0.15) is 0 Å². The standard InChI is InChI=1S/C14H16Cl3NO2/c1-8-4-2-3-5-13(8)20-14(19)18-12-7-10(16)9(15)6-11(12)17/h6-8,13H,2-5H2,1H3,(H,18,19). The van der Waals surface area contributed by atoms with Gasteiger partial charge in [-0.15, -0.1) is 0 Å². The Morgan fingerprint density at radius 3 is 2.50 bits per heavy atom. The van der Waals surface area contributed by atoms with Crippen LogP contribution in [0.4, 0.5) is 10.5 Å². The van der Waals surface area contributed by atoms with Crippen LogP contribution in [-0.4, -0.2) is 12.2 Å². The topological polar surface area (TPSA) is 38.3 Å². The number of carbonyl (C=O) groups is 1. The van der Waals surface area contributed by atoms with Gasteiger partial charge < -0.3 is 4.74 Å². The van der Waals surface area contributed by atoms with Crippen molar-refractivity contribution in [2.75, 3.05) is 5.32 Å². The van der Waals surface area contributed by atoms with Crippen LogP contribution >= 0.6 is 34.8 Å². The molecule has 0 bridgehead atoms. The first-order chi connectivity index (χ1) is 9.47. The van der Waals surface area contributed by atoms with Gasteiger partial charge in [0.05, 0.1) is 20.8 Å². The Bertz CT molecular complexity index is 507. The van der Waals surface area contributed by atoms with Gasteiger partial charge in [0, 0.05) is 0 Å². The van der Waals surface area contributed by atoms with E-state index in [2.05, 4.69) is 12.2 Å². The second kappa shape index (κ2) is 6.88. The Kier molecular flexibility index (Phi) is 5.42. The number of ether oxygens (including phenoxy) is 1. The van der Waals surface area contributed by atoms with Gasteiger partial charge in [-0.25, -0.2) is 4.79 Å². The lowest BCUT2D eigenvalue weighted by Crippen LogP contribution is -2.30. The minimum Gasteiger partial charge on any atom is -0.446 e. The normalized spacial score (nSPS) is 22.4. The highest BCUT2D eigenvalue weighted by Gasteiger charge is 2.25. The molecule has 2 unspecified atom stereocenters. The third-order valence-electron chi connectivity index (χ3n) is 3.54. The van der Waals surface area contributed by atoms with Crippen LogP contribution in [0.2, 0.25) is 15.1 Å². The Balaban J connectivity index is 1.99. The molecule has 0 aliphatic heterocycles. The molecule has 1 amide bonds. The summed E-state index contributed by atoms with van der Waals surface area (Å²) in [5.74, 6) is 0.388. The van der Waals surface area contributed by atoms with Crippen molar-refractivity contribution in [1.29, 1.82) is 0 Å². The van der Waals surface area contributed by atoms with Crippen LogP contribution in [0.25, 0.3) is 0 Å². The highest BCUT2D eigenvalue weighted by molar-refractivity contribution is 6.44. The summed E-state index contributed by atoms with van der Waals surface area (Å²) in [5, 5.41) is 3.61. The van der Waals surface area contributed by atoms with Crippen LogP contribution in [0.5, 0.6) is 0 Å². The van der Waals surface area contributed by atoms with Crippen LogP contribution in [0, 0.1) is 5.92 Å². The van der Waals surface area contributed by atoms with Crippen molar-refractivity contribution in [2.45, 2.75) is 38.7 Å². The molecule has 0 spiro atoms. The van der Waals surface area contributed by atoms with E-state index in [1.54, 1.807) is 0 Å². The second-order valence-corrected chi connectivity index (χ2v) is 6.30. The first-order valence-electron chi connectivity index (χ1n) is 6.59. The molecule has 3 nitrogen and oxygen atoms in total. The van der Waals surface area contributed by atoms with Crippen molar-refractivity contribution in [3.8, 4) is 0 Å². The van der Waals surface area contributed by atoms with E-state index in [1.165, 1.54) is 18.6 Å². The Labute approximate surface area is 133 Å². The lowest BCUT2D eigenvalue weighted by atomic mass is 9.88. The minimum atomic E-state index is -0.510. The molecule has 20 heavy (non-hydrogen) atoms. The summed E-state index contributed by atoms with van der Waals surface area (Å²) >= 11 is 17.7. The highest BCUT2D eigenvalue weighted by atomic mass is 35.5. The molecule has 1 aromatic carbocycles. The summed E-state index contributed by atoms with van der Waals surface area (Å²) in [4.78, 5) is 11.9. The lowest BCUT2D eigenvalue weighted by molar-refractivity contribution is 0.0524. The zero-order valence-corrected chi connectivity index (χ0v) is 13.4. The summed E-state index contributed by atoms with van der Waals surface area (Å²) < 4.78 is 5.45. The molecule has 0 saturated heterocycles. The van der Waals surface area contributed by atoms with E-state index in [-0.39, 0.29) is 6.10 Å². The number of carbonyl (C=O) groups excluding carboxylic acids is 1. The molecule has 1 aromatic rings. The number of hydrogen-bond donors (Lipinski definition) is 1. The van der Waals surface area contributed by atoms with Crippen LogP contribution in [-0.2, 0) is 4.74 Å². The zero-order valence-electron chi connectivity index (χ0n) is 11.1. The maximum absolute atomic E-state index is 11.9. The van der Waals surface area contributed by atoms with Gasteiger partial charge in [0.15, 0.2) is 0 Å². The molecule has 1 aliphatic carbocycles. The highest BCUT2D eigenvalue weighted by Crippen LogP contribution is 2.33. The molecule has 1 saturated carbocycles. The van der Waals surface area contributed by atoms with Crippen molar-refractivity contribution < 1.29 is 9.53 Å². The number of nitrogens with one attached hydrogen (secondary N) is 1. The van der Waals surface area contributed by atoms with Gasteiger partial charge in [0.25, 0.3) is 0 Å². The van der Waals surface area contributed by atoms with Gasteiger partial charge >= 0.3 is 6.09 Å². The zero-order chi connectivity index (χ0) is 14.7. The first kappa shape index (κ1) is 15.7. The number of anilines is 1. The van der Waals surface area contributed by atoms with E-state index >= 15 is 0 Å². The van der Waals surface area contributed by atoms with E-state index in [4.69, 9.17) is 39.5 Å². The molecular formula is C14H16Cl3NO2. The van der Waals surface area contributed by atoms with Crippen molar-refractivity contribution in [3.05, 3.63) is 27.2 Å². The fourth-order valence-corrected chi connectivity index (χ4v) is 2.95. The minimum absolute atomic E-state index is 0.0368. The van der Waals surface area contributed by atoms with Crippen LogP contribution in [0.3, 0.4) is 0 Å². The predicted molar refractivity (Wildman–Crippen MR) is 83.0 cm³/mol. The molecule has 2 atom stereocenters. The fraction of sp³-hybridized carbons (Fsp3) is 0.500. The van der Waals surface area contributed by atoms with E-state index in [9.17, 15) is 4.79 Å². The molecule has 1 fully saturated rings. The van der Waals surface area contributed by atoms with E-state index < -0.39 is 6.09 Å². The van der Waals surface area contributed by atoms with Gasteiger partial charge in [-0.3, -0.25) is 5.32 Å². The Morgan fingerprint density at radius 2 is 1.80 bits per heavy atom. The van der Waals surface area contributed by atoms with Crippen molar-refractivity contribution in [3.63, 3.8) is 0 Å². The smallest absolute Gasteiger partial charge is 0.411 e. The monoisotopic (exact) mass is 335 g/mol. The average molecular weight is 337 g/mol. The van der Waals surface area contributed by atoms with Gasteiger partial charge in [-0.05, 0) is 37.3 Å².